The van der Waals surface area contributed by atoms with Gasteiger partial charge in [0.2, 0.25) is 12.4 Å². The van der Waals surface area contributed by atoms with Crippen molar-refractivity contribution in [2.24, 2.45) is 0 Å². The SMILES string of the molecule is CC(=O)OC[C@H]1O[C@@H](Oc2ccc(CO)cc2C(=O)O)[C@H](OC(C)=O)[C@@H](OC(C)=O)[C@@H]1OC(C)=O. The summed E-state index contributed by atoms with van der Waals surface area (Å²) in [5, 5.41) is 18.9. The Labute approximate surface area is 199 Å². The molecule has 1 heterocycles. The van der Waals surface area contributed by atoms with Gasteiger partial charge in [0.05, 0.1) is 6.61 Å². The van der Waals surface area contributed by atoms with Crippen LogP contribution in [0.2, 0.25) is 0 Å². The number of carbonyl (C=O) groups is 5. The third-order valence-corrected chi connectivity index (χ3v) is 4.65. The van der Waals surface area contributed by atoms with E-state index >= 15 is 0 Å². The summed E-state index contributed by atoms with van der Waals surface area (Å²) in [5.74, 6) is -4.76. The van der Waals surface area contributed by atoms with E-state index in [0.29, 0.717) is 0 Å². The van der Waals surface area contributed by atoms with Gasteiger partial charge in [-0.05, 0) is 17.7 Å². The van der Waals surface area contributed by atoms with Gasteiger partial charge in [0.1, 0.15) is 24.0 Å². The lowest BCUT2D eigenvalue weighted by atomic mass is 9.98. The third kappa shape index (κ3) is 7.65. The highest BCUT2D eigenvalue weighted by Crippen LogP contribution is 2.32. The van der Waals surface area contributed by atoms with Crippen molar-refractivity contribution in [2.45, 2.75) is 65.0 Å². The lowest BCUT2D eigenvalue weighted by Gasteiger charge is -2.44. The highest BCUT2D eigenvalue weighted by Gasteiger charge is 2.53. The number of carbonyl (C=O) groups excluding carboxylic acids is 4. The van der Waals surface area contributed by atoms with E-state index in [4.69, 9.17) is 28.4 Å². The number of benzene rings is 1. The maximum atomic E-state index is 11.9. The highest BCUT2D eigenvalue weighted by molar-refractivity contribution is 5.91. The molecule has 1 aromatic rings. The zero-order valence-electron chi connectivity index (χ0n) is 19.4. The van der Waals surface area contributed by atoms with E-state index in [1.54, 1.807) is 0 Å². The quantitative estimate of drug-likeness (QED) is 0.351. The molecule has 1 aliphatic heterocycles. The molecule has 13 nitrogen and oxygen atoms in total. The van der Waals surface area contributed by atoms with Gasteiger partial charge in [0.15, 0.2) is 12.2 Å². The van der Waals surface area contributed by atoms with Gasteiger partial charge >= 0.3 is 29.8 Å². The van der Waals surface area contributed by atoms with Crippen LogP contribution in [-0.4, -0.2) is 77.4 Å². The molecule has 0 aliphatic carbocycles. The second-order valence-corrected chi connectivity index (χ2v) is 7.48. The molecule has 0 unspecified atom stereocenters. The van der Waals surface area contributed by atoms with Crippen LogP contribution in [0.3, 0.4) is 0 Å². The number of carboxylic acid groups (broad SMARTS) is 1. The van der Waals surface area contributed by atoms with E-state index < -0.39 is 73.8 Å². The fraction of sp³-hybridized carbons (Fsp3) is 0.500. The highest BCUT2D eigenvalue weighted by atomic mass is 16.7. The largest absolute Gasteiger partial charge is 0.478 e. The van der Waals surface area contributed by atoms with E-state index in [1.807, 2.05) is 0 Å². The minimum Gasteiger partial charge on any atom is -0.478 e. The summed E-state index contributed by atoms with van der Waals surface area (Å²) in [6.07, 6.45) is -7.21. The van der Waals surface area contributed by atoms with Gasteiger partial charge in [0.25, 0.3) is 0 Å². The lowest BCUT2D eigenvalue weighted by Crippen LogP contribution is -2.63. The summed E-state index contributed by atoms with van der Waals surface area (Å²) < 4.78 is 32.3. The predicted molar refractivity (Wildman–Crippen MR) is 112 cm³/mol. The van der Waals surface area contributed by atoms with Crippen molar-refractivity contribution in [1.82, 2.24) is 0 Å². The van der Waals surface area contributed by atoms with E-state index in [9.17, 15) is 34.2 Å². The molecule has 0 radical (unpaired) electrons. The summed E-state index contributed by atoms with van der Waals surface area (Å²) in [5.41, 5.74) is -0.0549. The van der Waals surface area contributed by atoms with Gasteiger partial charge in [-0.25, -0.2) is 4.79 Å². The second-order valence-electron chi connectivity index (χ2n) is 7.48. The molecule has 0 saturated carbocycles. The van der Waals surface area contributed by atoms with Crippen LogP contribution in [0.25, 0.3) is 0 Å². The molecule has 0 aromatic heterocycles. The summed E-state index contributed by atoms with van der Waals surface area (Å²) in [6, 6.07) is 3.82. The molecule has 1 saturated heterocycles. The third-order valence-electron chi connectivity index (χ3n) is 4.65. The minimum absolute atomic E-state index is 0.226. The Morgan fingerprint density at radius 3 is 1.94 bits per heavy atom. The topological polar surface area (TPSA) is 181 Å². The van der Waals surface area contributed by atoms with Crippen molar-refractivity contribution < 1.29 is 62.6 Å². The second kappa shape index (κ2) is 12.1. The molecule has 1 fully saturated rings. The number of aliphatic hydroxyl groups excluding tert-OH is 1. The fourth-order valence-electron chi connectivity index (χ4n) is 3.35. The predicted octanol–water partition coefficient (Wildman–Crippen LogP) is 0.339. The lowest BCUT2D eigenvalue weighted by molar-refractivity contribution is -0.288. The van der Waals surface area contributed by atoms with Crippen molar-refractivity contribution in [2.75, 3.05) is 6.61 Å². The number of aromatic carboxylic acids is 1. The maximum absolute atomic E-state index is 11.9. The number of ether oxygens (including phenoxy) is 6. The van der Waals surface area contributed by atoms with Gasteiger partial charge in [-0.2, -0.15) is 0 Å². The summed E-state index contributed by atoms with van der Waals surface area (Å²) in [7, 11) is 0. The number of carboxylic acids is 1. The van der Waals surface area contributed by atoms with Crippen molar-refractivity contribution in [3.63, 3.8) is 0 Å². The van der Waals surface area contributed by atoms with Crippen LogP contribution in [0, 0.1) is 0 Å². The molecule has 0 amide bonds. The Balaban J connectivity index is 2.55. The normalized spacial score (nSPS) is 23.5. The average molecular weight is 498 g/mol. The molecular formula is C22H26O13. The Morgan fingerprint density at radius 1 is 0.857 bits per heavy atom. The first kappa shape index (κ1) is 27.5. The first-order valence-corrected chi connectivity index (χ1v) is 10.4. The number of aliphatic hydroxyl groups is 1. The van der Waals surface area contributed by atoms with E-state index in [1.165, 1.54) is 18.2 Å². The van der Waals surface area contributed by atoms with Crippen molar-refractivity contribution >= 4 is 29.8 Å². The Hall–Kier alpha value is -3.71. The van der Waals surface area contributed by atoms with Crippen LogP contribution < -0.4 is 4.74 Å². The molecule has 2 rings (SSSR count). The smallest absolute Gasteiger partial charge is 0.339 e. The van der Waals surface area contributed by atoms with Gasteiger partial charge in [-0.3, -0.25) is 19.2 Å². The van der Waals surface area contributed by atoms with Crippen molar-refractivity contribution in [3.8, 4) is 5.75 Å². The number of hydrogen-bond donors (Lipinski definition) is 2. The molecule has 1 aliphatic rings. The van der Waals surface area contributed by atoms with Crippen LogP contribution in [0.1, 0.15) is 43.6 Å². The van der Waals surface area contributed by atoms with Crippen LogP contribution in [0.15, 0.2) is 18.2 Å². The molecule has 0 spiro atoms. The van der Waals surface area contributed by atoms with Gasteiger partial charge in [-0.1, -0.05) is 6.07 Å². The van der Waals surface area contributed by atoms with Crippen molar-refractivity contribution in [1.29, 1.82) is 0 Å². The fourth-order valence-corrected chi connectivity index (χ4v) is 3.35. The molecule has 0 bridgehead atoms. The van der Waals surface area contributed by atoms with Crippen molar-refractivity contribution in [3.05, 3.63) is 29.3 Å². The Morgan fingerprint density at radius 2 is 1.43 bits per heavy atom. The Kier molecular flexibility index (Phi) is 9.54. The summed E-state index contributed by atoms with van der Waals surface area (Å²) in [4.78, 5) is 58.6. The monoisotopic (exact) mass is 498 g/mol. The maximum Gasteiger partial charge on any atom is 0.339 e. The minimum atomic E-state index is -1.59. The number of rotatable bonds is 9. The van der Waals surface area contributed by atoms with Crippen LogP contribution in [0.5, 0.6) is 5.75 Å². The molecular weight excluding hydrogens is 472 g/mol. The van der Waals surface area contributed by atoms with E-state index in [-0.39, 0.29) is 16.9 Å². The molecule has 2 N–H and O–H groups in total. The summed E-state index contributed by atoms with van der Waals surface area (Å²) >= 11 is 0. The van der Waals surface area contributed by atoms with Gasteiger partial charge in [-0.15, -0.1) is 0 Å². The average Bonchev–Trinajstić information content (AvgIpc) is 2.75. The molecule has 13 heteroatoms. The van der Waals surface area contributed by atoms with Crippen LogP contribution in [-0.2, 0) is 49.5 Å². The molecule has 192 valence electrons. The Bertz CT molecular complexity index is 972. The number of hydrogen-bond acceptors (Lipinski definition) is 12. The zero-order valence-corrected chi connectivity index (χ0v) is 19.4. The summed E-state index contributed by atoms with van der Waals surface area (Å²) in [6.45, 7) is 3.45. The standard InChI is InChI=1S/C22H26O13/c1-10(24)30-9-17-18(31-11(2)25)19(32-12(3)26)20(33-13(4)27)22(35-17)34-16-6-5-14(8-23)7-15(16)21(28)29/h5-7,17-20,22-23H,8-9H2,1-4H3,(H,28,29)/t17-,18-,19+,20-,22-/m1/s1. The number of esters is 4. The van der Waals surface area contributed by atoms with Crippen LogP contribution in [0.4, 0.5) is 0 Å². The molecule has 5 atom stereocenters. The van der Waals surface area contributed by atoms with Crippen LogP contribution >= 0.6 is 0 Å². The molecule has 35 heavy (non-hydrogen) atoms. The van der Waals surface area contributed by atoms with Gasteiger partial charge < -0.3 is 38.6 Å². The first-order valence-electron chi connectivity index (χ1n) is 10.4. The van der Waals surface area contributed by atoms with Gasteiger partial charge in [0, 0.05) is 27.7 Å². The molecule has 1 aromatic carbocycles. The van der Waals surface area contributed by atoms with E-state index in [2.05, 4.69) is 0 Å². The zero-order chi connectivity index (χ0) is 26.3. The van der Waals surface area contributed by atoms with E-state index in [0.717, 1.165) is 27.7 Å². The first-order chi connectivity index (χ1) is 16.4.